The number of hydrogen-bond acceptors (Lipinski definition) is 4. The molecule has 1 fully saturated rings. The van der Waals surface area contributed by atoms with E-state index in [-0.39, 0.29) is 18.1 Å². The van der Waals surface area contributed by atoms with Crippen molar-refractivity contribution in [3.8, 4) is 0 Å². The highest BCUT2D eigenvalue weighted by molar-refractivity contribution is 5.99. The predicted octanol–water partition coefficient (Wildman–Crippen LogP) is 1.88. The largest absolute Gasteiger partial charge is 0.339 e. The highest BCUT2D eigenvalue weighted by Gasteiger charge is 2.20. The molecule has 0 atom stereocenters. The SMILES string of the molecule is Cc1cccc(NC(=O)Nc2ccc(C)n(CC(=O)N3CCN(C)CC3)c2=O)c1. The molecule has 29 heavy (non-hydrogen) atoms. The lowest BCUT2D eigenvalue weighted by atomic mass is 10.2. The summed E-state index contributed by atoms with van der Waals surface area (Å²) < 4.78 is 1.41. The van der Waals surface area contributed by atoms with Crippen molar-refractivity contribution in [2.75, 3.05) is 43.9 Å². The molecular weight excluding hydrogens is 370 g/mol. The van der Waals surface area contributed by atoms with Gasteiger partial charge in [0.05, 0.1) is 0 Å². The number of nitrogens with zero attached hydrogens (tertiary/aromatic N) is 3. The Balaban J connectivity index is 1.70. The molecule has 8 heteroatoms. The van der Waals surface area contributed by atoms with E-state index in [4.69, 9.17) is 0 Å². The molecule has 2 heterocycles. The van der Waals surface area contributed by atoms with Gasteiger partial charge in [-0.1, -0.05) is 12.1 Å². The van der Waals surface area contributed by atoms with Crippen LogP contribution in [-0.2, 0) is 11.3 Å². The van der Waals surface area contributed by atoms with Gasteiger partial charge in [0.2, 0.25) is 5.91 Å². The molecule has 0 bridgehead atoms. The summed E-state index contributed by atoms with van der Waals surface area (Å²) in [6.45, 7) is 6.61. The minimum Gasteiger partial charge on any atom is -0.339 e. The Morgan fingerprint density at radius 3 is 2.41 bits per heavy atom. The predicted molar refractivity (Wildman–Crippen MR) is 113 cm³/mol. The first kappa shape index (κ1) is 20.6. The number of likely N-dealkylation sites (N-methyl/N-ethyl adjacent to an activating group) is 1. The average Bonchev–Trinajstić information content (AvgIpc) is 2.68. The molecule has 0 unspecified atom stereocenters. The zero-order valence-electron chi connectivity index (χ0n) is 17.1. The first-order chi connectivity index (χ1) is 13.8. The van der Waals surface area contributed by atoms with E-state index in [0.29, 0.717) is 24.5 Å². The number of aromatic nitrogens is 1. The number of rotatable bonds is 4. The van der Waals surface area contributed by atoms with Crippen LogP contribution in [0.4, 0.5) is 16.2 Å². The van der Waals surface area contributed by atoms with Gasteiger partial charge in [-0.25, -0.2) is 4.79 Å². The van der Waals surface area contributed by atoms with E-state index in [1.807, 2.05) is 32.2 Å². The molecule has 3 rings (SSSR count). The number of hydrogen-bond donors (Lipinski definition) is 2. The first-order valence-corrected chi connectivity index (χ1v) is 9.65. The normalized spacial score (nSPS) is 14.5. The van der Waals surface area contributed by atoms with Crippen molar-refractivity contribution in [1.29, 1.82) is 0 Å². The lowest BCUT2D eigenvalue weighted by molar-refractivity contribution is -0.133. The van der Waals surface area contributed by atoms with Crippen molar-refractivity contribution in [2.24, 2.45) is 0 Å². The van der Waals surface area contributed by atoms with Gasteiger partial charge in [0.15, 0.2) is 0 Å². The summed E-state index contributed by atoms with van der Waals surface area (Å²) in [6, 6.07) is 10.2. The summed E-state index contributed by atoms with van der Waals surface area (Å²) in [5, 5.41) is 5.30. The molecule has 0 aliphatic carbocycles. The van der Waals surface area contributed by atoms with Gasteiger partial charge in [-0.15, -0.1) is 0 Å². The number of piperazine rings is 1. The van der Waals surface area contributed by atoms with E-state index in [1.165, 1.54) is 4.57 Å². The zero-order valence-corrected chi connectivity index (χ0v) is 17.1. The van der Waals surface area contributed by atoms with Gasteiger partial charge in [0.25, 0.3) is 5.56 Å². The number of carbonyl (C=O) groups excluding carboxylic acids is 2. The molecule has 2 aromatic rings. The fourth-order valence-electron chi connectivity index (χ4n) is 3.26. The summed E-state index contributed by atoms with van der Waals surface area (Å²) >= 11 is 0. The second-order valence-electron chi connectivity index (χ2n) is 7.41. The molecule has 2 N–H and O–H groups in total. The van der Waals surface area contributed by atoms with Gasteiger partial charge < -0.3 is 25.0 Å². The third-order valence-electron chi connectivity index (χ3n) is 5.07. The molecule has 1 aromatic heterocycles. The molecular formula is C21H27N5O3. The highest BCUT2D eigenvalue weighted by atomic mass is 16.2. The van der Waals surface area contributed by atoms with Crippen LogP contribution in [0.5, 0.6) is 0 Å². The number of pyridine rings is 1. The van der Waals surface area contributed by atoms with Crippen LogP contribution in [-0.4, -0.2) is 59.5 Å². The standard InChI is InChI=1S/C21H27N5O3/c1-15-5-4-6-17(13-15)22-21(29)23-18-8-7-16(2)26(20(18)28)14-19(27)25-11-9-24(3)10-12-25/h4-8,13H,9-12,14H2,1-3H3,(H2,22,23,29). The van der Waals surface area contributed by atoms with Crippen LogP contribution in [0, 0.1) is 13.8 Å². The summed E-state index contributed by atoms with van der Waals surface area (Å²) in [6.07, 6.45) is 0. The van der Waals surface area contributed by atoms with Crippen molar-refractivity contribution < 1.29 is 9.59 Å². The Bertz CT molecular complexity index is 961. The second-order valence-corrected chi connectivity index (χ2v) is 7.41. The van der Waals surface area contributed by atoms with Crippen LogP contribution < -0.4 is 16.2 Å². The van der Waals surface area contributed by atoms with Crippen molar-refractivity contribution in [3.05, 3.63) is 58.0 Å². The molecule has 3 amide bonds. The molecule has 1 aromatic carbocycles. The molecule has 154 valence electrons. The van der Waals surface area contributed by atoms with Crippen molar-refractivity contribution in [2.45, 2.75) is 20.4 Å². The summed E-state index contributed by atoms with van der Waals surface area (Å²) in [5.41, 5.74) is 2.06. The van der Waals surface area contributed by atoms with Gasteiger partial charge in [0.1, 0.15) is 12.2 Å². The lowest BCUT2D eigenvalue weighted by Crippen LogP contribution is -2.48. The summed E-state index contributed by atoms with van der Waals surface area (Å²) in [5.74, 6) is -0.0929. The maximum atomic E-state index is 12.8. The fourth-order valence-corrected chi connectivity index (χ4v) is 3.26. The topological polar surface area (TPSA) is 86.7 Å². The van der Waals surface area contributed by atoms with Crippen LogP contribution in [0.25, 0.3) is 0 Å². The van der Waals surface area contributed by atoms with Gasteiger partial charge in [-0.05, 0) is 50.7 Å². The minimum atomic E-state index is -0.506. The van der Waals surface area contributed by atoms with E-state index >= 15 is 0 Å². The zero-order chi connectivity index (χ0) is 21.0. The van der Waals surface area contributed by atoms with E-state index < -0.39 is 11.6 Å². The lowest BCUT2D eigenvalue weighted by Gasteiger charge is -2.32. The first-order valence-electron chi connectivity index (χ1n) is 9.65. The average molecular weight is 397 g/mol. The van der Waals surface area contributed by atoms with Crippen LogP contribution >= 0.6 is 0 Å². The van der Waals surface area contributed by atoms with E-state index in [1.54, 1.807) is 30.0 Å². The monoisotopic (exact) mass is 397 g/mol. The number of anilines is 2. The second kappa shape index (κ2) is 8.91. The molecule has 1 aliphatic rings. The third kappa shape index (κ3) is 5.23. The number of benzene rings is 1. The quantitative estimate of drug-likeness (QED) is 0.825. The van der Waals surface area contributed by atoms with Crippen LogP contribution in [0.1, 0.15) is 11.3 Å². The number of urea groups is 1. The molecule has 0 radical (unpaired) electrons. The Morgan fingerprint density at radius 2 is 1.72 bits per heavy atom. The molecule has 1 aliphatic heterocycles. The number of aryl methyl sites for hydroxylation is 2. The van der Waals surface area contributed by atoms with Gasteiger partial charge in [0, 0.05) is 37.6 Å². The van der Waals surface area contributed by atoms with Crippen molar-refractivity contribution in [3.63, 3.8) is 0 Å². The van der Waals surface area contributed by atoms with E-state index in [2.05, 4.69) is 15.5 Å². The maximum Gasteiger partial charge on any atom is 0.323 e. The molecule has 0 spiro atoms. The van der Waals surface area contributed by atoms with Crippen molar-refractivity contribution >= 4 is 23.3 Å². The molecule has 1 saturated heterocycles. The Hall–Kier alpha value is -3.13. The summed E-state index contributed by atoms with van der Waals surface area (Å²) in [4.78, 5) is 41.7. The van der Waals surface area contributed by atoms with Gasteiger partial charge >= 0.3 is 6.03 Å². The Kier molecular flexibility index (Phi) is 6.33. The van der Waals surface area contributed by atoms with Gasteiger partial charge in [-0.2, -0.15) is 0 Å². The van der Waals surface area contributed by atoms with Crippen molar-refractivity contribution in [1.82, 2.24) is 14.4 Å². The Morgan fingerprint density at radius 1 is 1.00 bits per heavy atom. The smallest absolute Gasteiger partial charge is 0.323 e. The fraction of sp³-hybridized carbons (Fsp3) is 0.381. The Labute approximate surface area is 170 Å². The number of amides is 3. The van der Waals surface area contributed by atoms with Crippen LogP contribution in [0.2, 0.25) is 0 Å². The number of carbonyl (C=O) groups is 2. The van der Waals surface area contributed by atoms with E-state index in [9.17, 15) is 14.4 Å². The third-order valence-corrected chi connectivity index (χ3v) is 5.07. The molecule has 0 saturated carbocycles. The van der Waals surface area contributed by atoms with Crippen LogP contribution in [0.3, 0.4) is 0 Å². The number of nitrogens with one attached hydrogen (secondary N) is 2. The molecule has 8 nitrogen and oxygen atoms in total. The van der Waals surface area contributed by atoms with Gasteiger partial charge in [-0.3, -0.25) is 9.59 Å². The highest BCUT2D eigenvalue weighted by Crippen LogP contribution is 2.11. The summed E-state index contributed by atoms with van der Waals surface area (Å²) in [7, 11) is 2.02. The van der Waals surface area contributed by atoms with E-state index in [0.717, 1.165) is 18.7 Å². The minimum absolute atomic E-state index is 0.0383. The maximum absolute atomic E-state index is 12.8. The van der Waals surface area contributed by atoms with Crippen LogP contribution in [0.15, 0.2) is 41.2 Å².